The maximum atomic E-state index is 12.8. The Morgan fingerprint density at radius 1 is 1.00 bits per heavy atom. The second-order valence-electron chi connectivity index (χ2n) is 5.44. The number of carbonyl (C=O) groups excluding carboxylic acids is 2. The van der Waals surface area contributed by atoms with E-state index < -0.39 is 0 Å². The summed E-state index contributed by atoms with van der Waals surface area (Å²) in [6.07, 6.45) is 0.796. The number of para-hydroxylation sites is 1. The number of nitrogens with one attached hydrogen (secondary N) is 2. The van der Waals surface area contributed by atoms with Gasteiger partial charge < -0.3 is 4.74 Å². The Hall–Kier alpha value is -2.89. The van der Waals surface area contributed by atoms with Gasteiger partial charge in [0.15, 0.2) is 0 Å². The number of rotatable bonds is 7. The van der Waals surface area contributed by atoms with Gasteiger partial charge in [-0.15, -0.1) is 0 Å². The number of carbonyl (C=O) groups is 2. The number of hydrazine groups is 1. The van der Waals surface area contributed by atoms with Gasteiger partial charge in [0.1, 0.15) is 11.6 Å². The summed E-state index contributed by atoms with van der Waals surface area (Å²) >= 11 is 0. The number of halogens is 1. The summed E-state index contributed by atoms with van der Waals surface area (Å²) < 4.78 is 18.3. The van der Waals surface area contributed by atoms with Gasteiger partial charge in [0, 0.05) is 6.42 Å². The molecule has 0 spiro atoms. The van der Waals surface area contributed by atoms with Crippen molar-refractivity contribution in [3.8, 4) is 5.75 Å². The lowest BCUT2D eigenvalue weighted by Gasteiger charge is -2.10. The van der Waals surface area contributed by atoms with E-state index in [1.54, 1.807) is 0 Å². The minimum atomic E-state index is -0.366. The lowest BCUT2D eigenvalue weighted by molar-refractivity contribution is -0.128. The van der Waals surface area contributed by atoms with Crippen molar-refractivity contribution < 1.29 is 18.7 Å². The molecule has 0 unspecified atom stereocenters. The van der Waals surface area contributed by atoms with Crippen molar-refractivity contribution in [3.63, 3.8) is 0 Å². The summed E-state index contributed by atoms with van der Waals surface area (Å²) in [6.45, 7) is 2.46. The molecule has 0 aromatic heterocycles. The van der Waals surface area contributed by atoms with Crippen LogP contribution in [-0.4, -0.2) is 18.4 Å². The van der Waals surface area contributed by atoms with E-state index in [0.717, 1.165) is 11.3 Å². The predicted octanol–water partition coefficient (Wildman–Crippen LogP) is 2.55. The van der Waals surface area contributed by atoms with Crippen LogP contribution in [0.2, 0.25) is 0 Å². The molecule has 6 heteroatoms. The molecule has 0 saturated heterocycles. The highest BCUT2D eigenvalue weighted by Gasteiger charge is 2.08. The van der Waals surface area contributed by atoms with Crippen LogP contribution >= 0.6 is 0 Å². The summed E-state index contributed by atoms with van der Waals surface area (Å²) in [4.78, 5) is 23.6. The number of hydrogen-bond donors (Lipinski definition) is 2. The zero-order chi connectivity index (χ0) is 18.1. The van der Waals surface area contributed by atoms with Crippen molar-refractivity contribution in [1.29, 1.82) is 0 Å². The highest BCUT2D eigenvalue weighted by molar-refractivity contribution is 5.83. The largest absolute Gasteiger partial charge is 0.494 e. The van der Waals surface area contributed by atoms with E-state index in [2.05, 4.69) is 10.9 Å². The summed E-state index contributed by atoms with van der Waals surface area (Å²) in [5.41, 5.74) is 6.35. The molecule has 2 aromatic rings. The molecule has 0 atom stereocenters. The van der Waals surface area contributed by atoms with E-state index in [-0.39, 0.29) is 30.5 Å². The Kier molecular flexibility index (Phi) is 6.95. The third kappa shape index (κ3) is 6.25. The first-order chi connectivity index (χ1) is 12.1. The van der Waals surface area contributed by atoms with Crippen LogP contribution in [-0.2, 0) is 22.4 Å². The lowest BCUT2D eigenvalue weighted by atomic mass is 10.1. The number of amides is 2. The van der Waals surface area contributed by atoms with E-state index in [1.165, 1.54) is 24.3 Å². The molecule has 2 amide bonds. The third-order valence-electron chi connectivity index (χ3n) is 3.51. The van der Waals surface area contributed by atoms with Crippen LogP contribution in [0.15, 0.2) is 48.5 Å². The highest BCUT2D eigenvalue weighted by atomic mass is 19.1. The van der Waals surface area contributed by atoms with Gasteiger partial charge in [0.05, 0.1) is 13.0 Å². The monoisotopic (exact) mass is 344 g/mol. The Balaban J connectivity index is 1.75. The number of aryl methyl sites for hydroxylation is 1. The molecule has 0 radical (unpaired) electrons. The second-order valence-corrected chi connectivity index (χ2v) is 5.44. The van der Waals surface area contributed by atoms with Gasteiger partial charge in [-0.05, 0) is 42.7 Å². The Morgan fingerprint density at radius 3 is 2.40 bits per heavy atom. The molecule has 0 fully saturated rings. The molecule has 0 bridgehead atoms. The quantitative estimate of drug-likeness (QED) is 0.759. The van der Waals surface area contributed by atoms with Crippen molar-refractivity contribution in [2.24, 2.45) is 0 Å². The van der Waals surface area contributed by atoms with E-state index in [4.69, 9.17) is 4.74 Å². The van der Waals surface area contributed by atoms with Crippen molar-refractivity contribution in [2.45, 2.75) is 26.2 Å². The molecule has 0 aliphatic heterocycles. The van der Waals surface area contributed by atoms with Crippen molar-refractivity contribution in [2.75, 3.05) is 6.61 Å². The van der Waals surface area contributed by atoms with Gasteiger partial charge in [-0.1, -0.05) is 30.3 Å². The van der Waals surface area contributed by atoms with Crippen molar-refractivity contribution in [1.82, 2.24) is 10.9 Å². The standard InChI is InChI=1S/C19H21FN2O3/c1-2-25-17-6-4-3-5-15(17)9-12-18(23)21-22-19(24)13-14-7-10-16(20)11-8-14/h3-8,10-11H,2,9,12-13H2,1H3,(H,21,23)(H,22,24). The van der Waals surface area contributed by atoms with Gasteiger partial charge in [-0.3, -0.25) is 20.4 Å². The van der Waals surface area contributed by atoms with Crippen molar-refractivity contribution >= 4 is 11.8 Å². The Labute approximate surface area is 146 Å². The van der Waals surface area contributed by atoms with Crippen LogP contribution < -0.4 is 15.6 Å². The van der Waals surface area contributed by atoms with Gasteiger partial charge >= 0.3 is 0 Å². The molecule has 0 saturated carbocycles. The molecular formula is C19H21FN2O3. The van der Waals surface area contributed by atoms with E-state index in [9.17, 15) is 14.0 Å². The first-order valence-electron chi connectivity index (χ1n) is 8.11. The fourth-order valence-corrected chi connectivity index (χ4v) is 2.29. The molecule has 0 heterocycles. The van der Waals surface area contributed by atoms with Crippen LogP contribution in [0.3, 0.4) is 0 Å². The lowest BCUT2D eigenvalue weighted by Crippen LogP contribution is -2.42. The van der Waals surface area contributed by atoms with Crippen molar-refractivity contribution in [3.05, 3.63) is 65.5 Å². The molecule has 132 valence electrons. The number of hydrogen-bond acceptors (Lipinski definition) is 3. The minimum Gasteiger partial charge on any atom is -0.494 e. The summed E-state index contributed by atoms with van der Waals surface area (Å²) in [5.74, 6) is -0.253. The van der Waals surface area contributed by atoms with Crippen LogP contribution in [0.1, 0.15) is 24.5 Å². The number of benzene rings is 2. The molecular weight excluding hydrogens is 323 g/mol. The van der Waals surface area contributed by atoms with Gasteiger partial charge in [-0.25, -0.2) is 4.39 Å². The second kappa shape index (κ2) is 9.42. The maximum Gasteiger partial charge on any atom is 0.242 e. The number of ether oxygens (including phenoxy) is 1. The topological polar surface area (TPSA) is 67.4 Å². The SMILES string of the molecule is CCOc1ccccc1CCC(=O)NNC(=O)Cc1ccc(F)cc1. The zero-order valence-corrected chi connectivity index (χ0v) is 14.0. The molecule has 2 aromatic carbocycles. The average Bonchev–Trinajstić information content (AvgIpc) is 2.61. The first kappa shape index (κ1) is 18.4. The van der Waals surface area contributed by atoms with Gasteiger partial charge in [-0.2, -0.15) is 0 Å². The normalized spacial score (nSPS) is 10.2. The molecule has 0 aliphatic rings. The smallest absolute Gasteiger partial charge is 0.242 e. The Bertz CT molecular complexity index is 717. The van der Waals surface area contributed by atoms with Gasteiger partial charge in [0.2, 0.25) is 11.8 Å². The maximum absolute atomic E-state index is 12.8. The molecule has 5 nitrogen and oxygen atoms in total. The first-order valence-corrected chi connectivity index (χ1v) is 8.11. The summed E-state index contributed by atoms with van der Waals surface area (Å²) in [7, 11) is 0. The van der Waals surface area contributed by atoms with Crippen LogP contribution in [0.4, 0.5) is 4.39 Å². The third-order valence-corrected chi connectivity index (χ3v) is 3.51. The van der Waals surface area contributed by atoms with Crippen LogP contribution in [0.5, 0.6) is 5.75 Å². The van der Waals surface area contributed by atoms with Crippen LogP contribution in [0.25, 0.3) is 0 Å². The molecule has 2 N–H and O–H groups in total. The highest BCUT2D eigenvalue weighted by Crippen LogP contribution is 2.19. The summed E-state index contributed by atoms with van der Waals surface area (Å²) in [5, 5.41) is 0. The zero-order valence-electron chi connectivity index (χ0n) is 14.0. The van der Waals surface area contributed by atoms with E-state index in [1.807, 2.05) is 31.2 Å². The van der Waals surface area contributed by atoms with Crippen LogP contribution in [0, 0.1) is 5.82 Å². The van der Waals surface area contributed by atoms with E-state index >= 15 is 0 Å². The average molecular weight is 344 g/mol. The summed E-state index contributed by atoms with van der Waals surface area (Å²) in [6, 6.07) is 13.2. The fraction of sp³-hybridized carbons (Fsp3) is 0.263. The fourth-order valence-electron chi connectivity index (χ4n) is 2.29. The predicted molar refractivity (Wildman–Crippen MR) is 92.3 cm³/mol. The minimum absolute atomic E-state index is 0.0632. The Morgan fingerprint density at radius 2 is 1.68 bits per heavy atom. The molecule has 0 aliphatic carbocycles. The van der Waals surface area contributed by atoms with E-state index in [0.29, 0.717) is 18.6 Å². The molecule has 2 rings (SSSR count). The van der Waals surface area contributed by atoms with Gasteiger partial charge in [0.25, 0.3) is 0 Å². The molecule has 25 heavy (non-hydrogen) atoms.